The van der Waals surface area contributed by atoms with Crippen LogP contribution in [0.25, 0.3) is 0 Å². The molecular weight excluding hydrogens is 404 g/mol. The molecule has 0 radical (unpaired) electrons. The number of hydrogen-bond donors (Lipinski definition) is 1. The number of fused-ring (bicyclic) bond motifs is 1. The van der Waals surface area contributed by atoms with Gasteiger partial charge in [0.25, 0.3) is 0 Å². The van der Waals surface area contributed by atoms with Gasteiger partial charge in [-0.15, -0.1) is 0 Å². The molecule has 1 amide bonds. The molecule has 2 aliphatic rings. The number of aliphatic carboxylic acids is 1. The van der Waals surface area contributed by atoms with Gasteiger partial charge in [0.1, 0.15) is 11.6 Å². The van der Waals surface area contributed by atoms with Gasteiger partial charge in [-0.25, -0.2) is 4.79 Å². The van der Waals surface area contributed by atoms with Crippen molar-refractivity contribution < 1.29 is 19.4 Å². The van der Waals surface area contributed by atoms with Gasteiger partial charge >= 0.3 is 12.1 Å². The molecule has 6 heteroatoms. The van der Waals surface area contributed by atoms with Crippen molar-refractivity contribution in [3.05, 3.63) is 71.3 Å². The summed E-state index contributed by atoms with van der Waals surface area (Å²) in [6.07, 6.45) is 1.68. The predicted octanol–water partition coefficient (Wildman–Crippen LogP) is 4.81. The lowest BCUT2D eigenvalue weighted by Crippen LogP contribution is -2.53. The van der Waals surface area contributed by atoms with Gasteiger partial charge < -0.3 is 9.84 Å². The van der Waals surface area contributed by atoms with Crippen LogP contribution in [-0.2, 0) is 16.0 Å². The minimum Gasteiger partial charge on any atom is -0.480 e. The zero-order chi connectivity index (χ0) is 23.0. The minimum absolute atomic E-state index is 0.109. The molecule has 0 aromatic heterocycles. The summed E-state index contributed by atoms with van der Waals surface area (Å²) < 4.78 is 5.84. The number of ether oxygens (including phenoxy) is 1. The zero-order valence-corrected chi connectivity index (χ0v) is 19.2. The molecular formula is C26H32N2O4. The highest BCUT2D eigenvalue weighted by atomic mass is 16.6. The number of carbonyl (C=O) groups excluding carboxylic acids is 1. The van der Waals surface area contributed by atoms with Crippen molar-refractivity contribution in [3.8, 4) is 0 Å². The molecule has 6 nitrogen and oxygen atoms in total. The second-order valence-corrected chi connectivity index (χ2v) is 9.83. The molecule has 4 rings (SSSR count). The Hall–Kier alpha value is -2.86. The Morgan fingerprint density at radius 3 is 2.31 bits per heavy atom. The second kappa shape index (κ2) is 8.58. The summed E-state index contributed by atoms with van der Waals surface area (Å²) in [5, 5.41) is 9.91. The maximum atomic E-state index is 13.5. The van der Waals surface area contributed by atoms with Crippen LogP contribution in [0.1, 0.15) is 62.4 Å². The van der Waals surface area contributed by atoms with E-state index in [2.05, 4.69) is 6.07 Å². The first-order valence-corrected chi connectivity index (χ1v) is 11.3. The fourth-order valence-corrected chi connectivity index (χ4v) is 5.24. The molecule has 1 N–H and O–H groups in total. The zero-order valence-electron chi connectivity index (χ0n) is 19.2. The summed E-state index contributed by atoms with van der Waals surface area (Å²) >= 11 is 0. The Bertz CT molecular complexity index is 985. The van der Waals surface area contributed by atoms with Crippen LogP contribution in [0.4, 0.5) is 4.79 Å². The van der Waals surface area contributed by atoms with Crippen molar-refractivity contribution in [1.29, 1.82) is 0 Å². The molecule has 1 saturated heterocycles. The number of nitrogens with zero attached hydrogens (tertiary/aromatic N) is 2. The number of carbonyl (C=O) groups is 2. The van der Waals surface area contributed by atoms with Gasteiger partial charge in [-0.2, -0.15) is 0 Å². The Kier molecular flexibility index (Phi) is 5.99. The van der Waals surface area contributed by atoms with Crippen LogP contribution in [-0.4, -0.2) is 51.7 Å². The molecule has 2 aromatic carbocycles. The highest BCUT2D eigenvalue weighted by Crippen LogP contribution is 2.46. The van der Waals surface area contributed by atoms with Crippen LogP contribution in [0, 0.1) is 0 Å². The summed E-state index contributed by atoms with van der Waals surface area (Å²) in [5.74, 6) is -0.839. The van der Waals surface area contributed by atoms with E-state index in [4.69, 9.17) is 4.74 Å². The number of hydrogen-bond acceptors (Lipinski definition) is 4. The molecule has 1 fully saturated rings. The third-order valence-electron chi connectivity index (χ3n) is 6.58. The first kappa shape index (κ1) is 22.3. The van der Waals surface area contributed by atoms with Crippen LogP contribution in [0.2, 0.25) is 0 Å². The topological polar surface area (TPSA) is 70.1 Å². The van der Waals surface area contributed by atoms with E-state index >= 15 is 0 Å². The Labute approximate surface area is 189 Å². The van der Waals surface area contributed by atoms with Crippen LogP contribution >= 0.6 is 0 Å². The lowest BCUT2D eigenvalue weighted by atomic mass is 9.84. The van der Waals surface area contributed by atoms with Crippen LogP contribution in [0.3, 0.4) is 0 Å². The smallest absolute Gasteiger partial charge is 0.411 e. The summed E-state index contributed by atoms with van der Waals surface area (Å²) in [4.78, 5) is 29.4. The SMILES string of the molecule is CN1C([C@H]2CC[C@@H](c3ccccc3)N2C(=O)OC(C)(C)C)c2ccccc2C[C@@H]1C(=O)O. The molecule has 32 heavy (non-hydrogen) atoms. The summed E-state index contributed by atoms with van der Waals surface area (Å²) in [5.41, 5.74) is 2.59. The van der Waals surface area contributed by atoms with E-state index in [0.717, 1.165) is 29.5 Å². The van der Waals surface area contributed by atoms with Gasteiger partial charge in [-0.05, 0) is 63.8 Å². The number of amides is 1. The van der Waals surface area contributed by atoms with E-state index < -0.39 is 17.6 Å². The fraction of sp³-hybridized carbons (Fsp3) is 0.462. The second-order valence-electron chi connectivity index (χ2n) is 9.83. The van der Waals surface area contributed by atoms with Crippen molar-refractivity contribution in [2.75, 3.05) is 7.05 Å². The number of carboxylic acids is 1. The molecule has 4 atom stereocenters. The standard InChI is InChI=1S/C26H32N2O4/c1-26(2,3)32-25(31)28-20(17-10-6-5-7-11-17)14-15-21(28)23-19-13-9-8-12-18(19)16-22(24(29)30)27(23)4/h5-13,20-23H,14-16H2,1-4H3,(H,29,30)/t20-,21+,22+,23?/m0/s1. The van der Waals surface area contributed by atoms with Crippen molar-refractivity contribution in [1.82, 2.24) is 9.80 Å². The fourth-order valence-electron chi connectivity index (χ4n) is 5.24. The lowest BCUT2D eigenvalue weighted by molar-refractivity contribution is -0.144. The lowest BCUT2D eigenvalue weighted by Gasteiger charge is -2.45. The highest BCUT2D eigenvalue weighted by Gasteiger charge is 2.48. The van der Waals surface area contributed by atoms with Gasteiger partial charge in [-0.1, -0.05) is 54.6 Å². The van der Waals surface area contributed by atoms with Gasteiger partial charge in [0.2, 0.25) is 0 Å². The Morgan fingerprint density at radius 1 is 1.00 bits per heavy atom. The molecule has 0 bridgehead atoms. The summed E-state index contributed by atoms with van der Waals surface area (Å²) in [7, 11) is 1.86. The number of rotatable bonds is 3. The van der Waals surface area contributed by atoms with Crippen molar-refractivity contribution >= 4 is 12.1 Å². The molecule has 2 aliphatic heterocycles. The molecule has 0 aliphatic carbocycles. The van der Waals surface area contributed by atoms with E-state index in [0.29, 0.717) is 6.42 Å². The normalized spacial score (nSPS) is 25.9. The molecule has 1 unspecified atom stereocenters. The highest BCUT2D eigenvalue weighted by molar-refractivity contribution is 5.75. The van der Waals surface area contributed by atoms with Crippen LogP contribution < -0.4 is 0 Å². The molecule has 170 valence electrons. The maximum Gasteiger partial charge on any atom is 0.411 e. The first-order chi connectivity index (χ1) is 15.2. The maximum absolute atomic E-state index is 13.5. The number of likely N-dealkylation sites (N-methyl/N-ethyl adjacent to an activating group) is 1. The minimum atomic E-state index is -0.839. The van der Waals surface area contributed by atoms with E-state index in [1.165, 1.54) is 0 Å². The van der Waals surface area contributed by atoms with Gasteiger partial charge in [0.05, 0.1) is 18.1 Å². The average Bonchev–Trinajstić information content (AvgIpc) is 3.17. The monoisotopic (exact) mass is 436 g/mol. The molecule has 0 saturated carbocycles. The van der Waals surface area contributed by atoms with Gasteiger partial charge in [0, 0.05) is 0 Å². The predicted molar refractivity (Wildman–Crippen MR) is 122 cm³/mol. The van der Waals surface area contributed by atoms with Crippen molar-refractivity contribution in [2.24, 2.45) is 0 Å². The number of benzene rings is 2. The average molecular weight is 437 g/mol. The largest absolute Gasteiger partial charge is 0.480 e. The van der Waals surface area contributed by atoms with E-state index in [-0.39, 0.29) is 24.2 Å². The number of carboxylic acid groups (broad SMARTS) is 1. The quantitative estimate of drug-likeness (QED) is 0.748. The number of likely N-dealkylation sites (tertiary alicyclic amines) is 1. The Morgan fingerprint density at radius 2 is 1.66 bits per heavy atom. The first-order valence-electron chi connectivity index (χ1n) is 11.3. The van der Waals surface area contributed by atoms with E-state index in [1.54, 1.807) is 0 Å². The third-order valence-corrected chi connectivity index (χ3v) is 6.58. The third kappa shape index (κ3) is 4.24. The molecule has 2 aromatic rings. The molecule has 0 spiro atoms. The van der Waals surface area contributed by atoms with Crippen molar-refractivity contribution in [3.63, 3.8) is 0 Å². The van der Waals surface area contributed by atoms with Gasteiger partial charge in [0.15, 0.2) is 0 Å². The molecule has 2 heterocycles. The Balaban J connectivity index is 1.78. The van der Waals surface area contributed by atoms with Gasteiger partial charge in [-0.3, -0.25) is 14.6 Å². The van der Waals surface area contributed by atoms with Crippen LogP contribution in [0.5, 0.6) is 0 Å². The summed E-state index contributed by atoms with van der Waals surface area (Å²) in [6, 6.07) is 16.9. The van der Waals surface area contributed by atoms with E-state index in [9.17, 15) is 14.7 Å². The summed E-state index contributed by atoms with van der Waals surface area (Å²) in [6.45, 7) is 5.61. The van der Waals surface area contributed by atoms with E-state index in [1.807, 2.05) is 86.1 Å². The van der Waals surface area contributed by atoms with Crippen LogP contribution in [0.15, 0.2) is 54.6 Å². The van der Waals surface area contributed by atoms with Crippen molar-refractivity contribution in [2.45, 2.75) is 69.8 Å².